The fraction of sp³-hybridized carbons (Fsp3) is 1.00. The van der Waals surface area contributed by atoms with Gasteiger partial charge in [-0.05, 0) is 25.8 Å². The second-order valence-corrected chi connectivity index (χ2v) is 4.15. The van der Waals surface area contributed by atoms with Crippen molar-refractivity contribution in [2.75, 3.05) is 19.8 Å². The fourth-order valence-electron chi connectivity index (χ4n) is 1.18. The zero-order valence-electron chi connectivity index (χ0n) is 9.01. The Kier molecular flexibility index (Phi) is 6.29. The van der Waals surface area contributed by atoms with Gasteiger partial charge in [0.2, 0.25) is 0 Å². The molecule has 0 bridgehead atoms. The molecular weight excluding hydrogens is 166 g/mol. The summed E-state index contributed by atoms with van der Waals surface area (Å²) in [7, 11) is 0. The van der Waals surface area contributed by atoms with Crippen molar-refractivity contribution in [3.05, 3.63) is 0 Å². The van der Waals surface area contributed by atoms with Gasteiger partial charge in [-0.25, -0.2) is 0 Å². The molecule has 3 nitrogen and oxygen atoms in total. The molecule has 0 saturated heterocycles. The van der Waals surface area contributed by atoms with Crippen LogP contribution in [0.2, 0.25) is 0 Å². The molecule has 0 aliphatic rings. The minimum Gasteiger partial charge on any atom is -0.394 e. The fourth-order valence-corrected chi connectivity index (χ4v) is 1.18. The average molecular weight is 189 g/mol. The smallest absolute Gasteiger partial charge is 0.0633 e. The third-order valence-electron chi connectivity index (χ3n) is 2.36. The molecule has 0 saturated carbocycles. The van der Waals surface area contributed by atoms with Crippen LogP contribution in [0, 0.1) is 5.92 Å². The van der Waals surface area contributed by atoms with Gasteiger partial charge < -0.3 is 15.5 Å². The highest BCUT2D eigenvalue weighted by molar-refractivity contribution is 4.81. The first-order valence-corrected chi connectivity index (χ1v) is 5.04. The van der Waals surface area contributed by atoms with E-state index in [2.05, 4.69) is 19.2 Å². The summed E-state index contributed by atoms with van der Waals surface area (Å²) in [6, 6.07) is 0. The van der Waals surface area contributed by atoms with Crippen LogP contribution in [0.4, 0.5) is 0 Å². The van der Waals surface area contributed by atoms with Crippen LogP contribution in [0.5, 0.6) is 0 Å². The van der Waals surface area contributed by atoms with E-state index in [1.807, 2.05) is 6.92 Å². The minimum absolute atomic E-state index is 0.0255. The van der Waals surface area contributed by atoms with Crippen molar-refractivity contribution in [3.8, 4) is 0 Å². The Balaban J connectivity index is 3.71. The Morgan fingerprint density at radius 3 is 2.23 bits per heavy atom. The highest BCUT2D eigenvalue weighted by atomic mass is 16.3. The molecule has 13 heavy (non-hydrogen) atoms. The van der Waals surface area contributed by atoms with Crippen molar-refractivity contribution in [2.45, 2.75) is 39.2 Å². The van der Waals surface area contributed by atoms with Crippen LogP contribution in [-0.2, 0) is 0 Å². The number of nitrogens with one attached hydrogen (secondary N) is 1. The van der Waals surface area contributed by atoms with Crippen molar-refractivity contribution < 1.29 is 10.2 Å². The molecule has 0 radical (unpaired) electrons. The van der Waals surface area contributed by atoms with E-state index in [0.29, 0.717) is 5.92 Å². The lowest BCUT2D eigenvalue weighted by Gasteiger charge is -2.28. The molecule has 0 aromatic rings. The molecule has 0 fully saturated rings. The summed E-state index contributed by atoms with van der Waals surface area (Å²) in [6.07, 6.45) is 2.36. The van der Waals surface area contributed by atoms with E-state index in [-0.39, 0.29) is 13.2 Å². The molecule has 0 aromatic heterocycles. The molecule has 0 aromatic carbocycles. The van der Waals surface area contributed by atoms with Crippen LogP contribution in [0.1, 0.15) is 33.6 Å². The summed E-state index contributed by atoms with van der Waals surface area (Å²) >= 11 is 0. The van der Waals surface area contributed by atoms with Gasteiger partial charge in [0.15, 0.2) is 0 Å². The standard InChI is InChI=1S/C10H23NO2/c1-4-5-9(2)6-11-10(3,7-12)8-13/h9,11-13H,4-8H2,1-3H3/t9-/m1/s1. The second kappa shape index (κ2) is 6.35. The van der Waals surface area contributed by atoms with E-state index in [1.54, 1.807) is 0 Å². The summed E-state index contributed by atoms with van der Waals surface area (Å²) < 4.78 is 0. The molecular formula is C10H23NO2. The summed E-state index contributed by atoms with van der Waals surface area (Å²) in [5, 5.41) is 21.2. The summed E-state index contributed by atoms with van der Waals surface area (Å²) in [6.45, 7) is 6.96. The first-order valence-electron chi connectivity index (χ1n) is 5.04. The summed E-state index contributed by atoms with van der Waals surface area (Å²) in [5.41, 5.74) is -0.526. The molecule has 0 rings (SSSR count). The predicted molar refractivity (Wildman–Crippen MR) is 54.7 cm³/mol. The number of aliphatic hydroxyl groups is 2. The SMILES string of the molecule is CCC[C@@H](C)CNC(C)(CO)CO. The van der Waals surface area contributed by atoms with E-state index in [4.69, 9.17) is 10.2 Å². The van der Waals surface area contributed by atoms with Gasteiger partial charge in [-0.1, -0.05) is 20.3 Å². The van der Waals surface area contributed by atoms with E-state index < -0.39 is 5.54 Å². The quantitative estimate of drug-likeness (QED) is 0.554. The predicted octanol–water partition coefficient (Wildman–Crippen LogP) is 0.755. The molecule has 0 heterocycles. The van der Waals surface area contributed by atoms with Gasteiger partial charge in [-0.3, -0.25) is 0 Å². The van der Waals surface area contributed by atoms with E-state index in [0.717, 1.165) is 6.54 Å². The van der Waals surface area contributed by atoms with Crippen LogP contribution in [0.25, 0.3) is 0 Å². The van der Waals surface area contributed by atoms with Crippen molar-refractivity contribution in [2.24, 2.45) is 5.92 Å². The Hall–Kier alpha value is -0.120. The van der Waals surface area contributed by atoms with Crippen LogP contribution >= 0.6 is 0 Å². The van der Waals surface area contributed by atoms with Gasteiger partial charge in [0, 0.05) is 0 Å². The number of rotatable bonds is 7. The number of aliphatic hydroxyl groups excluding tert-OH is 2. The topological polar surface area (TPSA) is 52.5 Å². The Labute approximate surface area is 81.2 Å². The molecule has 0 spiro atoms. The summed E-state index contributed by atoms with van der Waals surface area (Å²) in [5.74, 6) is 0.599. The van der Waals surface area contributed by atoms with E-state index in [1.165, 1.54) is 12.8 Å². The Morgan fingerprint density at radius 1 is 1.31 bits per heavy atom. The monoisotopic (exact) mass is 189 g/mol. The molecule has 0 aliphatic carbocycles. The highest BCUT2D eigenvalue weighted by Crippen LogP contribution is 2.06. The number of hydrogen-bond acceptors (Lipinski definition) is 3. The third kappa shape index (κ3) is 5.24. The lowest BCUT2D eigenvalue weighted by Crippen LogP contribution is -2.50. The van der Waals surface area contributed by atoms with Gasteiger partial charge in [0.25, 0.3) is 0 Å². The molecule has 1 atom stereocenters. The van der Waals surface area contributed by atoms with Gasteiger partial charge in [0.05, 0.1) is 18.8 Å². The largest absolute Gasteiger partial charge is 0.394 e. The van der Waals surface area contributed by atoms with Crippen LogP contribution in [0.3, 0.4) is 0 Å². The lowest BCUT2D eigenvalue weighted by atomic mass is 10.0. The lowest BCUT2D eigenvalue weighted by molar-refractivity contribution is 0.101. The first kappa shape index (κ1) is 12.9. The minimum atomic E-state index is -0.526. The van der Waals surface area contributed by atoms with E-state index >= 15 is 0 Å². The van der Waals surface area contributed by atoms with Crippen LogP contribution in [0.15, 0.2) is 0 Å². The maximum atomic E-state index is 9.01. The zero-order chi connectivity index (χ0) is 10.3. The average Bonchev–Trinajstić information content (AvgIpc) is 2.15. The van der Waals surface area contributed by atoms with Gasteiger partial charge in [-0.2, -0.15) is 0 Å². The summed E-state index contributed by atoms with van der Waals surface area (Å²) in [4.78, 5) is 0. The molecule has 0 aliphatic heterocycles. The maximum Gasteiger partial charge on any atom is 0.0633 e. The van der Waals surface area contributed by atoms with Gasteiger partial charge >= 0.3 is 0 Å². The molecule has 0 unspecified atom stereocenters. The van der Waals surface area contributed by atoms with Crippen molar-refractivity contribution in [1.82, 2.24) is 5.32 Å². The Morgan fingerprint density at radius 2 is 1.85 bits per heavy atom. The van der Waals surface area contributed by atoms with Crippen molar-refractivity contribution in [3.63, 3.8) is 0 Å². The Bertz CT molecular complexity index is 124. The maximum absolute atomic E-state index is 9.01. The van der Waals surface area contributed by atoms with Crippen molar-refractivity contribution >= 4 is 0 Å². The molecule has 80 valence electrons. The molecule has 3 heteroatoms. The van der Waals surface area contributed by atoms with Crippen LogP contribution < -0.4 is 5.32 Å². The first-order chi connectivity index (χ1) is 6.08. The van der Waals surface area contributed by atoms with Gasteiger partial charge in [0.1, 0.15) is 0 Å². The zero-order valence-corrected chi connectivity index (χ0v) is 9.01. The highest BCUT2D eigenvalue weighted by Gasteiger charge is 2.21. The molecule has 3 N–H and O–H groups in total. The van der Waals surface area contributed by atoms with Crippen molar-refractivity contribution in [1.29, 1.82) is 0 Å². The number of hydrogen-bond donors (Lipinski definition) is 3. The van der Waals surface area contributed by atoms with E-state index in [9.17, 15) is 0 Å². The molecule has 0 amide bonds. The third-order valence-corrected chi connectivity index (χ3v) is 2.36. The normalized spacial score (nSPS) is 14.5. The van der Waals surface area contributed by atoms with Crippen LogP contribution in [-0.4, -0.2) is 35.5 Å². The second-order valence-electron chi connectivity index (χ2n) is 4.15. The van der Waals surface area contributed by atoms with Gasteiger partial charge in [-0.15, -0.1) is 0 Å².